The summed E-state index contributed by atoms with van der Waals surface area (Å²) in [6.45, 7) is 1.79. The molecule has 3 nitrogen and oxygen atoms in total. The van der Waals surface area contributed by atoms with Gasteiger partial charge < -0.3 is 10.1 Å². The Labute approximate surface area is 118 Å². The molecule has 0 aliphatic heterocycles. The molecule has 0 saturated heterocycles. The molecule has 0 atom stereocenters. The molecular formula is C14H12F4N2O. The molecule has 0 amide bonds. The normalized spacial score (nSPS) is 10.6. The molecule has 0 bridgehead atoms. The van der Waals surface area contributed by atoms with Crippen LogP contribution in [0.2, 0.25) is 0 Å². The fourth-order valence-corrected chi connectivity index (χ4v) is 1.88. The Hall–Kier alpha value is -2.31. The largest absolute Gasteiger partial charge is 0.496 e. The lowest BCUT2D eigenvalue weighted by Gasteiger charge is -2.11. The van der Waals surface area contributed by atoms with E-state index in [-0.39, 0.29) is 6.54 Å². The third kappa shape index (κ3) is 3.07. The predicted octanol–water partition coefficient (Wildman–Crippen LogP) is 3.57. The van der Waals surface area contributed by atoms with Crippen LogP contribution in [0.15, 0.2) is 18.2 Å². The Morgan fingerprint density at radius 2 is 1.71 bits per heavy atom. The molecule has 21 heavy (non-hydrogen) atoms. The zero-order valence-corrected chi connectivity index (χ0v) is 11.3. The Kier molecular flexibility index (Phi) is 4.30. The number of methoxy groups -OCH3 is 1. The highest BCUT2D eigenvalue weighted by molar-refractivity contribution is 5.46. The first-order valence-electron chi connectivity index (χ1n) is 6.01. The minimum atomic E-state index is -1.69. The van der Waals surface area contributed by atoms with Gasteiger partial charge in [-0.3, -0.25) is 0 Å². The van der Waals surface area contributed by atoms with Gasteiger partial charge in [0.1, 0.15) is 11.4 Å². The lowest BCUT2D eigenvalue weighted by Crippen LogP contribution is -2.09. The summed E-state index contributed by atoms with van der Waals surface area (Å²) in [7, 11) is 1.52. The summed E-state index contributed by atoms with van der Waals surface area (Å²) < 4.78 is 57.8. The minimum Gasteiger partial charge on any atom is -0.496 e. The number of nitrogens with zero attached hydrogens (tertiary/aromatic N) is 1. The molecule has 0 fully saturated rings. The maximum absolute atomic E-state index is 13.4. The predicted molar refractivity (Wildman–Crippen MR) is 69.1 cm³/mol. The highest BCUT2D eigenvalue weighted by atomic mass is 19.2. The van der Waals surface area contributed by atoms with E-state index in [1.165, 1.54) is 7.11 Å². The monoisotopic (exact) mass is 300 g/mol. The maximum Gasteiger partial charge on any atom is 0.253 e. The standard InChI is InChI=1S/C14H12F4N2O/c1-7-5-8(3-4-9(7)21-2)6-19-12-10(15)13(17)20-14(18)11(12)16/h3-5H,6H2,1-2H3,(H,19,20). The van der Waals surface area contributed by atoms with E-state index in [4.69, 9.17) is 4.74 Å². The number of halogens is 4. The van der Waals surface area contributed by atoms with E-state index < -0.39 is 29.2 Å². The number of benzene rings is 1. The molecular weight excluding hydrogens is 288 g/mol. The number of hydrogen-bond donors (Lipinski definition) is 1. The molecule has 2 rings (SSSR count). The van der Waals surface area contributed by atoms with Crippen molar-refractivity contribution < 1.29 is 22.3 Å². The number of rotatable bonds is 4. The van der Waals surface area contributed by atoms with Crippen molar-refractivity contribution in [3.05, 3.63) is 52.9 Å². The second kappa shape index (κ2) is 5.99. The SMILES string of the molecule is COc1ccc(CNc2c(F)c(F)nc(F)c2F)cc1C. The highest BCUT2D eigenvalue weighted by Gasteiger charge is 2.20. The van der Waals surface area contributed by atoms with Gasteiger partial charge in [-0.05, 0) is 24.1 Å². The molecule has 0 unspecified atom stereocenters. The molecule has 2 aromatic rings. The van der Waals surface area contributed by atoms with Crippen LogP contribution < -0.4 is 10.1 Å². The average Bonchev–Trinajstić information content (AvgIpc) is 2.45. The van der Waals surface area contributed by atoms with Gasteiger partial charge in [0, 0.05) is 6.54 Å². The van der Waals surface area contributed by atoms with Crippen LogP contribution >= 0.6 is 0 Å². The van der Waals surface area contributed by atoms with E-state index >= 15 is 0 Å². The van der Waals surface area contributed by atoms with Crippen LogP contribution in [0.1, 0.15) is 11.1 Å². The van der Waals surface area contributed by atoms with Crippen molar-refractivity contribution >= 4 is 5.69 Å². The molecule has 1 N–H and O–H groups in total. The fourth-order valence-electron chi connectivity index (χ4n) is 1.88. The van der Waals surface area contributed by atoms with Gasteiger partial charge in [-0.25, -0.2) is 0 Å². The van der Waals surface area contributed by atoms with Crippen molar-refractivity contribution in [1.82, 2.24) is 4.98 Å². The Bertz CT molecular complexity index is 650. The van der Waals surface area contributed by atoms with Crippen LogP contribution in [0.25, 0.3) is 0 Å². The van der Waals surface area contributed by atoms with Crippen LogP contribution in [0.5, 0.6) is 5.75 Å². The molecule has 0 aliphatic carbocycles. The van der Waals surface area contributed by atoms with Gasteiger partial charge in [-0.2, -0.15) is 22.5 Å². The summed E-state index contributed by atoms with van der Waals surface area (Å²) in [4.78, 5) is 2.49. The lowest BCUT2D eigenvalue weighted by molar-refractivity contribution is 0.410. The van der Waals surface area contributed by atoms with E-state index in [2.05, 4.69) is 10.3 Å². The van der Waals surface area contributed by atoms with Crippen LogP contribution in [-0.2, 0) is 6.54 Å². The summed E-state index contributed by atoms with van der Waals surface area (Å²) in [5.41, 5.74) is 0.614. The highest BCUT2D eigenvalue weighted by Crippen LogP contribution is 2.24. The molecule has 1 heterocycles. The quantitative estimate of drug-likeness (QED) is 0.692. The minimum absolute atomic E-state index is 0.0123. The zero-order valence-electron chi connectivity index (χ0n) is 11.3. The summed E-state index contributed by atoms with van der Waals surface area (Å²) in [6.07, 6.45) is 0. The fraction of sp³-hybridized carbons (Fsp3) is 0.214. The van der Waals surface area contributed by atoms with E-state index in [1.54, 1.807) is 25.1 Å². The van der Waals surface area contributed by atoms with Crippen molar-refractivity contribution in [2.24, 2.45) is 0 Å². The van der Waals surface area contributed by atoms with E-state index in [9.17, 15) is 17.6 Å². The number of anilines is 1. The van der Waals surface area contributed by atoms with Crippen LogP contribution in [0.4, 0.5) is 23.2 Å². The Balaban J connectivity index is 2.22. The lowest BCUT2D eigenvalue weighted by atomic mass is 10.1. The van der Waals surface area contributed by atoms with Gasteiger partial charge >= 0.3 is 0 Å². The third-order valence-electron chi connectivity index (χ3n) is 2.93. The van der Waals surface area contributed by atoms with Gasteiger partial charge in [0.2, 0.25) is 11.6 Å². The van der Waals surface area contributed by atoms with Crippen LogP contribution in [-0.4, -0.2) is 12.1 Å². The zero-order chi connectivity index (χ0) is 15.6. The molecule has 0 radical (unpaired) electrons. The third-order valence-corrected chi connectivity index (χ3v) is 2.93. The molecule has 0 spiro atoms. The summed E-state index contributed by atoms with van der Waals surface area (Å²) in [5.74, 6) is -5.83. The number of aryl methyl sites for hydroxylation is 1. The summed E-state index contributed by atoms with van der Waals surface area (Å²) in [6, 6.07) is 5.09. The van der Waals surface area contributed by atoms with Crippen molar-refractivity contribution in [2.75, 3.05) is 12.4 Å². The Morgan fingerprint density at radius 3 is 2.24 bits per heavy atom. The van der Waals surface area contributed by atoms with Gasteiger partial charge in [-0.1, -0.05) is 12.1 Å². The molecule has 0 saturated carbocycles. The van der Waals surface area contributed by atoms with E-state index in [0.717, 1.165) is 5.56 Å². The molecule has 0 aliphatic rings. The second-order valence-electron chi connectivity index (χ2n) is 4.35. The van der Waals surface area contributed by atoms with Gasteiger partial charge in [0.25, 0.3) is 11.9 Å². The first kappa shape index (κ1) is 15.1. The van der Waals surface area contributed by atoms with Crippen LogP contribution in [0.3, 0.4) is 0 Å². The molecule has 7 heteroatoms. The van der Waals surface area contributed by atoms with Crippen molar-refractivity contribution in [3.8, 4) is 5.75 Å². The van der Waals surface area contributed by atoms with Crippen LogP contribution in [0, 0.1) is 30.5 Å². The molecule has 112 valence electrons. The number of aromatic nitrogens is 1. The average molecular weight is 300 g/mol. The Morgan fingerprint density at radius 1 is 1.10 bits per heavy atom. The topological polar surface area (TPSA) is 34.1 Å². The second-order valence-corrected chi connectivity index (χ2v) is 4.35. The van der Waals surface area contributed by atoms with Crippen molar-refractivity contribution in [1.29, 1.82) is 0 Å². The first-order valence-corrected chi connectivity index (χ1v) is 6.01. The molecule has 1 aromatic heterocycles. The summed E-state index contributed by atoms with van der Waals surface area (Å²) in [5, 5.41) is 2.33. The smallest absolute Gasteiger partial charge is 0.253 e. The number of ether oxygens (including phenoxy) is 1. The van der Waals surface area contributed by atoms with Crippen molar-refractivity contribution in [3.63, 3.8) is 0 Å². The number of nitrogens with one attached hydrogen (secondary N) is 1. The van der Waals surface area contributed by atoms with E-state index in [1.807, 2.05) is 0 Å². The van der Waals surface area contributed by atoms with Gasteiger partial charge in [0.05, 0.1) is 7.11 Å². The van der Waals surface area contributed by atoms with Crippen molar-refractivity contribution in [2.45, 2.75) is 13.5 Å². The van der Waals surface area contributed by atoms with Gasteiger partial charge in [0.15, 0.2) is 0 Å². The van der Waals surface area contributed by atoms with E-state index in [0.29, 0.717) is 11.3 Å². The number of pyridine rings is 1. The summed E-state index contributed by atoms with van der Waals surface area (Å²) >= 11 is 0. The molecule has 1 aromatic carbocycles. The first-order chi connectivity index (χ1) is 9.93. The van der Waals surface area contributed by atoms with Gasteiger partial charge in [-0.15, -0.1) is 0 Å². The maximum atomic E-state index is 13.4. The number of hydrogen-bond acceptors (Lipinski definition) is 3.